The van der Waals surface area contributed by atoms with Gasteiger partial charge in [-0.15, -0.1) is 11.3 Å². The van der Waals surface area contributed by atoms with Crippen molar-refractivity contribution in [2.45, 2.75) is 0 Å². The van der Waals surface area contributed by atoms with Crippen molar-refractivity contribution in [3.63, 3.8) is 0 Å². The van der Waals surface area contributed by atoms with Crippen LogP contribution in [-0.2, 0) is 0 Å². The molecule has 112 valence electrons. The number of hydrogen-bond donors (Lipinski definition) is 0. The molecule has 0 amide bonds. The first-order valence-corrected chi connectivity index (χ1v) is 8.33. The predicted octanol–water partition coefficient (Wildman–Crippen LogP) is 5.26. The summed E-state index contributed by atoms with van der Waals surface area (Å²) in [5.41, 5.74) is 2.99. The maximum Gasteiger partial charge on any atom is 0.170 e. The Labute approximate surface area is 141 Å². The highest BCUT2D eigenvalue weighted by molar-refractivity contribution is 9.10. The molecule has 0 saturated carbocycles. The van der Waals surface area contributed by atoms with Gasteiger partial charge < -0.3 is 9.47 Å². The van der Waals surface area contributed by atoms with Crippen LogP contribution >= 0.6 is 27.3 Å². The van der Waals surface area contributed by atoms with Crippen molar-refractivity contribution < 1.29 is 9.47 Å². The largest absolute Gasteiger partial charge is 0.493 e. The average molecular weight is 376 g/mol. The van der Waals surface area contributed by atoms with Crippen LogP contribution in [0.3, 0.4) is 0 Å². The number of halogens is 1. The van der Waals surface area contributed by atoms with E-state index in [0.717, 1.165) is 26.3 Å². The second-order valence-corrected chi connectivity index (χ2v) is 6.36. The lowest BCUT2D eigenvalue weighted by Crippen LogP contribution is -1.92. The molecule has 0 N–H and O–H groups in total. The highest BCUT2D eigenvalue weighted by atomic mass is 79.9. The predicted molar refractivity (Wildman–Crippen MR) is 93.8 cm³/mol. The number of hydrogen-bond acceptors (Lipinski definition) is 4. The first kappa shape index (κ1) is 15.1. The lowest BCUT2D eigenvalue weighted by molar-refractivity contribution is 0.356. The van der Waals surface area contributed by atoms with Crippen LogP contribution in [0.5, 0.6) is 11.5 Å². The van der Waals surface area contributed by atoms with Crippen LogP contribution < -0.4 is 9.47 Å². The average Bonchev–Trinajstić information content (AvgIpc) is 3.04. The lowest BCUT2D eigenvalue weighted by Gasteiger charge is -2.10. The van der Waals surface area contributed by atoms with Gasteiger partial charge in [0.15, 0.2) is 11.5 Å². The molecular formula is C17H14BrNO2S. The van der Waals surface area contributed by atoms with Crippen LogP contribution in [0, 0.1) is 0 Å². The normalized spacial score (nSPS) is 10.5. The molecule has 22 heavy (non-hydrogen) atoms. The van der Waals surface area contributed by atoms with E-state index < -0.39 is 0 Å². The lowest BCUT2D eigenvalue weighted by atomic mass is 10.1. The summed E-state index contributed by atoms with van der Waals surface area (Å²) >= 11 is 5.04. The Bertz CT molecular complexity index is 784. The standard InChI is InChI=1S/C17H14BrNO2S/c1-20-15-5-3-4-13(16(15)21-2)17-19-14(10-22-17)11-6-8-12(18)9-7-11/h3-10H,1-2H3. The fourth-order valence-electron chi connectivity index (χ4n) is 2.21. The fraction of sp³-hybridized carbons (Fsp3) is 0.118. The number of benzene rings is 2. The molecule has 0 saturated heterocycles. The van der Waals surface area contributed by atoms with Crippen molar-refractivity contribution in [1.29, 1.82) is 0 Å². The molecule has 0 aliphatic heterocycles. The summed E-state index contributed by atoms with van der Waals surface area (Å²) in [4.78, 5) is 4.73. The number of nitrogens with zero attached hydrogens (tertiary/aromatic N) is 1. The van der Waals surface area contributed by atoms with E-state index in [1.807, 2.05) is 42.5 Å². The first-order chi connectivity index (χ1) is 10.7. The van der Waals surface area contributed by atoms with Gasteiger partial charge in [0.2, 0.25) is 0 Å². The van der Waals surface area contributed by atoms with Gasteiger partial charge in [-0.05, 0) is 24.3 Å². The number of thiazole rings is 1. The zero-order valence-corrected chi connectivity index (χ0v) is 14.6. The van der Waals surface area contributed by atoms with Crippen LogP contribution in [0.2, 0.25) is 0 Å². The summed E-state index contributed by atoms with van der Waals surface area (Å²) in [7, 11) is 3.28. The molecule has 0 bridgehead atoms. The number of ether oxygens (including phenoxy) is 2. The fourth-order valence-corrected chi connectivity index (χ4v) is 3.32. The van der Waals surface area contributed by atoms with Gasteiger partial charge in [-0.1, -0.05) is 34.1 Å². The number of aromatic nitrogens is 1. The van der Waals surface area contributed by atoms with Crippen molar-refractivity contribution in [3.05, 3.63) is 52.3 Å². The van der Waals surface area contributed by atoms with E-state index >= 15 is 0 Å². The Morgan fingerprint density at radius 1 is 1.00 bits per heavy atom. The van der Waals surface area contributed by atoms with Gasteiger partial charge >= 0.3 is 0 Å². The third-order valence-electron chi connectivity index (χ3n) is 3.28. The van der Waals surface area contributed by atoms with Crippen LogP contribution in [0.4, 0.5) is 0 Å². The summed E-state index contributed by atoms with van der Waals surface area (Å²) in [5.74, 6) is 1.42. The van der Waals surface area contributed by atoms with Gasteiger partial charge in [-0.25, -0.2) is 4.98 Å². The molecule has 1 heterocycles. The number of rotatable bonds is 4. The molecule has 0 radical (unpaired) electrons. The third kappa shape index (κ3) is 2.87. The maximum absolute atomic E-state index is 5.49. The molecule has 0 unspecified atom stereocenters. The second kappa shape index (κ2) is 6.50. The molecule has 0 fully saturated rings. The molecule has 0 spiro atoms. The van der Waals surface area contributed by atoms with E-state index in [9.17, 15) is 0 Å². The van der Waals surface area contributed by atoms with Gasteiger partial charge in [0.1, 0.15) is 5.01 Å². The van der Waals surface area contributed by atoms with Crippen LogP contribution in [-0.4, -0.2) is 19.2 Å². The Balaban J connectivity index is 2.02. The van der Waals surface area contributed by atoms with Crippen molar-refractivity contribution in [2.24, 2.45) is 0 Å². The van der Waals surface area contributed by atoms with Crippen LogP contribution in [0.15, 0.2) is 52.3 Å². The molecule has 0 atom stereocenters. The zero-order valence-electron chi connectivity index (χ0n) is 12.2. The highest BCUT2D eigenvalue weighted by Gasteiger charge is 2.15. The van der Waals surface area contributed by atoms with E-state index in [1.165, 1.54) is 0 Å². The summed E-state index contributed by atoms with van der Waals surface area (Å²) in [5, 5.41) is 2.96. The summed E-state index contributed by atoms with van der Waals surface area (Å²) in [6.45, 7) is 0. The van der Waals surface area contributed by atoms with Gasteiger partial charge in [0, 0.05) is 15.4 Å². The highest BCUT2D eigenvalue weighted by Crippen LogP contribution is 2.40. The van der Waals surface area contributed by atoms with Gasteiger partial charge in [-0.3, -0.25) is 0 Å². The SMILES string of the molecule is COc1cccc(-c2nc(-c3ccc(Br)cc3)cs2)c1OC. The first-order valence-electron chi connectivity index (χ1n) is 6.65. The topological polar surface area (TPSA) is 31.4 Å². The quantitative estimate of drug-likeness (QED) is 0.623. The molecule has 3 aromatic rings. The molecule has 3 nitrogen and oxygen atoms in total. The van der Waals surface area contributed by atoms with Gasteiger partial charge in [0.05, 0.1) is 25.5 Å². The Morgan fingerprint density at radius 2 is 1.77 bits per heavy atom. The van der Waals surface area contributed by atoms with Gasteiger partial charge in [-0.2, -0.15) is 0 Å². The smallest absolute Gasteiger partial charge is 0.170 e. The zero-order chi connectivity index (χ0) is 15.5. The summed E-state index contributed by atoms with van der Waals surface area (Å²) in [6, 6.07) is 13.9. The summed E-state index contributed by atoms with van der Waals surface area (Å²) < 4.78 is 11.9. The monoisotopic (exact) mass is 375 g/mol. The van der Waals surface area contributed by atoms with E-state index in [1.54, 1.807) is 25.6 Å². The molecule has 1 aromatic heterocycles. The molecule has 2 aromatic carbocycles. The van der Waals surface area contributed by atoms with Crippen molar-refractivity contribution in [1.82, 2.24) is 4.98 Å². The number of methoxy groups -OCH3 is 2. The Morgan fingerprint density at radius 3 is 2.45 bits per heavy atom. The van der Waals surface area contributed by atoms with Crippen LogP contribution in [0.25, 0.3) is 21.8 Å². The molecule has 0 aliphatic carbocycles. The molecule has 5 heteroatoms. The van der Waals surface area contributed by atoms with E-state index in [-0.39, 0.29) is 0 Å². The third-order valence-corrected chi connectivity index (χ3v) is 4.68. The second-order valence-electron chi connectivity index (χ2n) is 4.59. The van der Waals surface area contributed by atoms with E-state index in [0.29, 0.717) is 11.5 Å². The van der Waals surface area contributed by atoms with Gasteiger partial charge in [0.25, 0.3) is 0 Å². The van der Waals surface area contributed by atoms with Crippen molar-refractivity contribution in [2.75, 3.05) is 14.2 Å². The molecule has 0 aliphatic rings. The van der Waals surface area contributed by atoms with Crippen molar-refractivity contribution >= 4 is 27.3 Å². The van der Waals surface area contributed by atoms with Crippen molar-refractivity contribution in [3.8, 4) is 33.3 Å². The minimum Gasteiger partial charge on any atom is -0.493 e. The van der Waals surface area contributed by atoms with Crippen LogP contribution in [0.1, 0.15) is 0 Å². The minimum absolute atomic E-state index is 0.709. The van der Waals surface area contributed by atoms with E-state index in [2.05, 4.69) is 21.3 Å². The maximum atomic E-state index is 5.49. The number of para-hydroxylation sites is 1. The molecular weight excluding hydrogens is 362 g/mol. The van der Waals surface area contributed by atoms with E-state index in [4.69, 9.17) is 14.5 Å². The Hall–Kier alpha value is -1.85. The Kier molecular flexibility index (Phi) is 4.45. The molecule has 3 rings (SSSR count). The minimum atomic E-state index is 0.709. The summed E-state index contributed by atoms with van der Waals surface area (Å²) in [6.07, 6.45) is 0.